The van der Waals surface area contributed by atoms with E-state index in [1.165, 1.54) is 4.90 Å². The molecule has 104 valence electrons. The van der Waals surface area contributed by atoms with E-state index in [2.05, 4.69) is 0 Å². The molecule has 0 aromatic heterocycles. The predicted octanol–water partition coefficient (Wildman–Crippen LogP) is 2.36. The van der Waals surface area contributed by atoms with Crippen LogP contribution in [0.15, 0.2) is 12.1 Å². The molecule has 0 bridgehead atoms. The van der Waals surface area contributed by atoms with E-state index < -0.39 is 21.4 Å². The first kappa shape index (κ1) is 14.3. The summed E-state index contributed by atoms with van der Waals surface area (Å²) < 4.78 is 34.8. The number of aryl methyl sites for hydroxylation is 2. The Morgan fingerprint density at radius 3 is 2.47 bits per heavy atom. The summed E-state index contributed by atoms with van der Waals surface area (Å²) in [7, 11) is -4.72. The molecule has 1 heterocycles. The first-order chi connectivity index (χ1) is 8.70. The van der Waals surface area contributed by atoms with E-state index in [9.17, 15) is 17.1 Å². The fourth-order valence-corrected chi connectivity index (χ4v) is 3.42. The third kappa shape index (κ3) is 2.74. The van der Waals surface area contributed by atoms with Crippen molar-refractivity contribution in [2.45, 2.75) is 25.5 Å². The van der Waals surface area contributed by atoms with Gasteiger partial charge in [-0.1, -0.05) is 17.7 Å². The maximum Gasteiger partial charge on any atom is 0.307 e. The molecule has 0 aliphatic carbocycles. The Bertz CT molecular complexity index is 621. The molecular weight excluding hydrogens is 293 g/mol. The van der Waals surface area contributed by atoms with Crippen LogP contribution in [0.3, 0.4) is 0 Å². The molecule has 7 heteroatoms. The monoisotopic (exact) mass is 305 g/mol. The van der Waals surface area contributed by atoms with Gasteiger partial charge in [-0.3, -0.25) is 4.79 Å². The normalized spacial score (nSPS) is 20.1. The van der Waals surface area contributed by atoms with E-state index in [0.29, 0.717) is 10.7 Å². The second-order valence-corrected chi connectivity index (χ2v) is 6.74. The molecule has 4 nitrogen and oxygen atoms in total. The lowest BCUT2D eigenvalue weighted by atomic mass is 10.1. The van der Waals surface area contributed by atoms with Crippen LogP contribution in [-0.2, 0) is 15.0 Å². The summed E-state index contributed by atoms with van der Waals surface area (Å²) in [6.45, 7) is 3.45. The number of hydrogen-bond acceptors (Lipinski definition) is 3. The molecule has 1 atom stereocenters. The van der Waals surface area contributed by atoms with Crippen molar-refractivity contribution >= 4 is 33.4 Å². The van der Waals surface area contributed by atoms with Crippen LogP contribution < -0.4 is 4.90 Å². The van der Waals surface area contributed by atoms with Crippen LogP contribution in [0.2, 0.25) is 5.02 Å². The Morgan fingerprint density at radius 1 is 1.37 bits per heavy atom. The number of hydrogen-bond donors (Lipinski definition) is 0. The van der Waals surface area contributed by atoms with Crippen LogP contribution in [0.1, 0.15) is 17.5 Å². The number of carbonyl (C=O) groups is 1. The minimum Gasteiger partial charge on any atom is -0.309 e. The molecule has 2 rings (SSSR count). The molecule has 0 spiro atoms. The van der Waals surface area contributed by atoms with Gasteiger partial charge in [-0.25, -0.2) is 0 Å². The molecule has 19 heavy (non-hydrogen) atoms. The van der Waals surface area contributed by atoms with Gasteiger partial charge < -0.3 is 4.90 Å². The highest BCUT2D eigenvalue weighted by Gasteiger charge is 2.40. The quantitative estimate of drug-likeness (QED) is 0.788. The largest absolute Gasteiger partial charge is 0.309 e. The van der Waals surface area contributed by atoms with Crippen LogP contribution in [0, 0.1) is 13.8 Å². The number of rotatable bonds is 2. The molecule has 1 aromatic rings. The first-order valence-electron chi connectivity index (χ1n) is 5.70. The van der Waals surface area contributed by atoms with Crippen molar-refractivity contribution in [2.75, 3.05) is 11.4 Å². The fraction of sp³-hybridized carbons (Fsp3) is 0.417. The molecule has 1 unspecified atom stereocenters. The van der Waals surface area contributed by atoms with Crippen molar-refractivity contribution in [3.8, 4) is 0 Å². The van der Waals surface area contributed by atoms with Crippen LogP contribution in [-0.4, -0.2) is 26.1 Å². The van der Waals surface area contributed by atoms with Gasteiger partial charge in [-0.05, 0) is 31.0 Å². The van der Waals surface area contributed by atoms with Crippen molar-refractivity contribution in [1.82, 2.24) is 0 Å². The zero-order valence-electron chi connectivity index (χ0n) is 10.5. The highest BCUT2D eigenvalue weighted by atomic mass is 35.5. The van der Waals surface area contributed by atoms with Crippen molar-refractivity contribution in [3.05, 3.63) is 28.3 Å². The van der Waals surface area contributed by atoms with Crippen LogP contribution >= 0.6 is 11.6 Å². The van der Waals surface area contributed by atoms with Gasteiger partial charge in [0.2, 0.25) is 5.91 Å². The van der Waals surface area contributed by atoms with Gasteiger partial charge in [0.05, 0.1) is 10.7 Å². The van der Waals surface area contributed by atoms with E-state index in [-0.39, 0.29) is 13.0 Å². The Hall–Kier alpha value is -1.14. The number of anilines is 1. The van der Waals surface area contributed by atoms with E-state index in [0.717, 1.165) is 11.1 Å². The zero-order valence-corrected chi connectivity index (χ0v) is 12.1. The summed E-state index contributed by atoms with van der Waals surface area (Å²) in [5.41, 5.74) is 2.16. The number of halogens is 2. The third-order valence-electron chi connectivity index (χ3n) is 3.16. The van der Waals surface area contributed by atoms with Crippen LogP contribution in [0.4, 0.5) is 9.57 Å². The van der Waals surface area contributed by atoms with Crippen molar-refractivity contribution in [2.24, 2.45) is 0 Å². The van der Waals surface area contributed by atoms with E-state index in [4.69, 9.17) is 11.6 Å². The smallest absolute Gasteiger partial charge is 0.307 e. The molecule has 1 fully saturated rings. The molecule has 1 aliphatic rings. The van der Waals surface area contributed by atoms with Gasteiger partial charge in [-0.2, -0.15) is 8.42 Å². The average molecular weight is 306 g/mol. The second-order valence-electron chi connectivity index (χ2n) is 4.72. The van der Waals surface area contributed by atoms with E-state index in [1.807, 2.05) is 13.0 Å². The third-order valence-corrected chi connectivity index (χ3v) is 4.56. The molecular formula is C12H13ClFNO3S. The summed E-state index contributed by atoms with van der Waals surface area (Å²) in [5.74, 6) is -0.430. The molecule has 0 N–H and O–H groups in total. The van der Waals surface area contributed by atoms with E-state index >= 15 is 0 Å². The molecule has 1 aliphatic heterocycles. The minimum atomic E-state index is -4.72. The predicted molar refractivity (Wildman–Crippen MR) is 71.7 cm³/mol. The van der Waals surface area contributed by atoms with Crippen molar-refractivity contribution in [3.63, 3.8) is 0 Å². The number of nitrogens with zero attached hydrogens (tertiary/aromatic N) is 1. The summed E-state index contributed by atoms with van der Waals surface area (Å²) in [6.07, 6.45) is -0.345. The highest BCUT2D eigenvalue weighted by Crippen LogP contribution is 2.35. The van der Waals surface area contributed by atoms with Gasteiger partial charge in [0, 0.05) is 13.0 Å². The van der Waals surface area contributed by atoms with Gasteiger partial charge in [0.25, 0.3) is 0 Å². The lowest BCUT2D eigenvalue weighted by Gasteiger charge is -2.20. The average Bonchev–Trinajstić information content (AvgIpc) is 2.59. The SMILES string of the molecule is Cc1cc(C)c(N2CC(S(=O)(=O)F)CC2=O)c(Cl)c1. The fourth-order valence-electron chi connectivity index (χ4n) is 2.33. The number of carbonyl (C=O) groups excluding carboxylic acids is 1. The molecule has 1 saturated heterocycles. The summed E-state index contributed by atoms with van der Waals surface area (Å²) in [5, 5.41) is -0.945. The summed E-state index contributed by atoms with van der Waals surface area (Å²) in [4.78, 5) is 13.1. The standard InChI is InChI=1S/C12H13ClFNO3S/c1-7-3-8(2)12(10(13)4-7)15-6-9(5-11(15)16)19(14,17)18/h3-4,9H,5-6H2,1-2H3. The highest BCUT2D eigenvalue weighted by molar-refractivity contribution is 7.87. The molecule has 0 saturated carbocycles. The van der Waals surface area contributed by atoms with Crippen molar-refractivity contribution in [1.29, 1.82) is 0 Å². The van der Waals surface area contributed by atoms with Crippen molar-refractivity contribution < 1.29 is 17.1 Å². The van der Waals surface area contributed by atoms with Gasteiger partial charge in [-0.15, -0.1) is 3.89 Å². The molecule has 1 aromatic carbocycles. The second kappa shape index (κ2) is 4.76. The van der Waals surface area contributed by atoms with E-state index in [1.54, 1.807) is 13.0 Å². The zero-order chi connectivity index (χ0) is 14.4. The minimum absolute atomic E-state index is 0.193. The number of benzene rings is 1. The van der Waals surface area contributed by atoms with Crippen LogP contribution in [0.25, 0.3) is 0 Å². The summed E-state index contributed by atoms with van der Waals surface area (Å²) in [6, 6.07) is 3.53. The topological polar surface area (TPSA) is 54.5 Å². The molecule has 1 amide bonds. The maximum atomic E-state index is 13.0. The Morgan fingerprint density at radius 2 is 2.00 bits per heavy atom. The Kier molecular flexibility index (Phi) is 3.57. The van der Waals surface area contributed by atoms with Gasteiger partial charge >= 0.3 is 10.2 Å². The first-order valence-corrected chi connectivity index (χ1v) is 7.53. The van der Waals surface area contributed by atoms with Gasteiger partial charge in [0.15, 0.2) is 0 Å². The lowest BCUT2D eigenvalue weighted by Crippen LogP contribution is -2.27. The Balaban J connectivity index is 2.42. The summed E-state index contributed by atoms with van der Waals surface area (Å²) >= 11 is 6.11. The van der Waals surface area contributed by atoms with Gasteiger partial charge in [0.1, 0.15) is 5.25 Å². The Labute approximate surface area is 116 Å². The number of amides is 1. The van der Waals surface area contributed by atoms with Crippen LogP contribution in [0.5, 0.6) is 0 Å². The lowest BCUT2D eigenvalue weighted by molar-refractivity contribution is -0.117. The molecule has 0 radical (unpaired) electrons. The maximum absolute atomic E-state index is 13.0.